The Morgan fingerprint density at radius 2 is 1.47 bits per heavy atom. The number of azo groups is 1. The molecule has 0 fully saturated rings. The van der Waals surface area contributed by atoms with E-state index in [-0.39, 0.29) is 75.6 Å². The maximum absolute atomic E-state index is 11.7. The molecule has 3 aromatic rings. The van der Waals surface area contributed by atoms with Crippen LogP contribution in [0.5, 0.6) is 0 Å². The van der Waals surface area contributed by atoms with Gasteiger partial charge in [0.25, 0.3) is 0 Å². The van der Waals surface area contributed by atoms with E-state index in [0.717, 1.165) is 11.6 Å². The molecule has 13 heteroatoms. The number of aryl methyl sites for hydroxylation is 1. The quantitative estimate of drug-likeness (QED) is 0.185. The molecule has 0 unspecified atom stereocenters. The molecule has 0 aromatic heterocycles. The summed E-state index contributed by atoms with van der Waals surface area (Å²) < 4.78 is 69.1. The van der Waals surface area contributed by atoms with Gasteiger partial charge in [-0.1, -0.05) is 12.1 Å². The van der Waals surface area contributed by atoms with Gasteiger partial charge in [-0.25, -0.2) is 16.8 Å². The molecule has 0 saturated heterocycles. The Kier molecular flexibility index (Phi) is 9.21. The first kappa shape index (κ1) is 27.2. The predicted octanol–water partition coefficient (Wildman–Crippen LogP) is -3.04. The van der Waals surface area contributed by atoms with Gasteiger partial charge in [0.1, 0.15) is 20.2 Å². The largest absolute Gasteiger partial charge is 1.00 e. The van der Waals surface area contributed by atoms with Gasteiger partial charge in [0, 0.05) is 11.1 Å². The number of nitrogen functional groups attached to an aromatic ring is 1. The normalized spacial score (nSPS) is 11.8. The third-order valence-corrected chi connectivity index (χ3v) is 5.61. The van der Waals surface area contributed by atoms with Crippen LogP contribution in [-0.2, 0) is 20.2 Å². The summed E-state index contributed by atoms with van der Waals surface area (Å²) in [5, 5.41) is 8.00. The summed E-state index contributed by atoms with van der Waals surface area (Å²) in [4.78, 5) is -1.68. The average molecular weight is 465 g/mol. The zero-order chi connectivity index (χ0) is 20.7. The molecule has 0 saturated carbocycles. The van der Waals surface area contributed by atoms with Crippen molar-refractivity contribution in [2.24, 2.45) is 10.2 Å². The Hall–Kier alpha value is -0.860. The molecule has 0 aliphatic carbocycles. The van der Waals surface area contributed by atoms with Gasteiger partial charge in [-0.3, -0.25) is 0 Å². The van der Waals surface area contributed by atoms with Crippen LogP contribution >= 0.6 is 0 Å². The first-order chi connectivity index (χ1) is 13.0. The molecule has 0 amide bonds. The molecular weight excluding hydrogens is 452 g/mol. The van der Waals surface area contributed by atoms with Gasteiger partial charge in [-0.2, -0.15) is 5.11 Å². The third-order valence-electron chi connectivity index (χ3n) is 3.94. The van der Waals surface area contributed by atoms with Crippen molar-refractivity contribution in [1.29, 1.82) is 0 Å². The Balaban J connectivity index is 0.00000225. The summed E-state index contributed by atoms with van der Waals surface area (Å²) in [6.07, 6.45) is 0. The molecule has 0 radical (unpaired) electrons. The fourth-order valence-corrected chi connectivity index (χ4v) is 4.02. The fraction of sp³-hybridized carbons (Fsp3) is 0.0588. The molecule has 30 heavy (non-hydrogen) atoms. The van der Waals surface area contributed by atoms with Crippen LogP contribution in [0.25, 0.3) is 10.8 Å². The van der Waals surface area contributed by atoms with Crippen molar-refractivity contribution in [3.63, 3.8) is 0 Å². The Morgan fingerprint density at radius 1 is 0.833 bits per heavy atom. The smallest absolute Gasteiger partial charge is 0.744 e. The number of anilines is 1. The van der Waals surface area contributed by atoms with Gasteiger partial charge < -0.3 is 14.8 Å². The van der Waals surface area contributed by atoms with Crippen molar-refractivity contribution < 1.29 is 85.1 Å². The van der Waals surface area contributed by atoms with Gasteiger partial charge in [-0.05, 0) is 54.3 Å². The van der Waals surface area contributed by atoms with E-state index < -0.39 is 30.0 Å². The van der Waals surface area contributed by atoms with E-state index in [9.17, 15) is 25.9 Å². The number of benzene rings is 3. The number of hydrogen-bond acceptors (Lipinski definition) is 9. The van der Waals surface area contributed by atoms with Crippen LogP contribution in [0.3, 0.4) is 0 Å². The van der Waals surface area contributed by atoms with E-state index in [1.165, 1.54) is 18.2 Å². The topological polar surface area (TPSA) is 165 Å². The fourth-order valence-electron chi connectivity index (χ4n) is 2.67. The van der Waals surface area contributed by atoms with Gasteiger partial charge in [0.15, 0.2) is 0 Å². The van der Waals surface area contributed by atoms with E-state index >= 15 is 0 Å². The molecule has 3 aromatic carbocycles. The summed E-state index contributed by atoms with van der Waals surface area (Å²) in [5.74, 6) is 0. The first-order valence-corrected chi connectivity index (χ1v) is 10.5. The molecule has 0 heterocycles. The van der Waals surface area contributed by atoms with Crippen molar-refractivity contribution in [2.75, 3.05) is 5.73 Å². The predicted molar refractivity (Wildman–Crippen MR) is 99.6 cm³/mol. The van der Waals surface area contributed by atoms with Crippen LogP contribution in [0.4, 0.5) is 17.1 Å². The third kappa shape index (κ3) is 6.10. The van der Waals surface area contributed by atoms with Crippen LogP contribution in [0.15, 0.2) is 68.6 Å². The van der Waals surface area contributed by atoms with Gasteiger partial charge in [0.05, 0.1) is 21.2 Å². The number of hydrogen-bond donors (Lipinski definition) is 1. The van der Waals surface area contributed by atoms with Crippen molar-refractivity contribution in [3.8, 4) is 0 Å². The van der Waals surface area contributed by atoms with Gasteiger partial charge in [0.2, 0.25) is 0 Å². The molecule has 2 N–H and O–H groups in total. The zero-order valence-corrected chi connectivity index (χ0v) is 22.0. The van der Waals surface area contributed by atoms with E-state index in [4.69, 9.17) is 5.73 Å². The molecule has 146 valence electrons. The summed E-state index contributed by atoms with van der Waals surface area (Å²) >= 11 is 0. The standard InChI is InChI=1S/C17H15N3O6S2.2Na/c1-10-7-12(18)5-6-14(10)19-20-15-4-2-3-11-8-13(27(21,22)23)9-16(17(11)15)28(24,25)26;;/h2-9H,18H2,1H3,(H,21,22,23)(H,24,25,26);;/q;2*+1/p-2. The molecule has 0 aliphatic rings. The van der Waals surface area contributed by atoms with Crippen LogP contribution in [-0.4, -0.2) is 25.9 Å². The van der Waals surface area contributed by atoms with E-state index in [0.29, 0.717) is 17.4 Å². The number of rotatable bonds is 4. The van der Waals surface area contributed by atoms with E-state index in [1.54, 1.807) is 25.1 Å². The minimum atomic E-state index is -5.10. The molecule has 0 bridgehead atoms. The minimum absolute atomic E-state index is 0. The molecule has 9 nitrogen and oxygen atoms in total. The van der Waals surface area contributed by atoms with Crippen LogP contribution in [0.1, 0.15) is 5.56 Å². The van der Waals surface area contributed by atoms with Crippen molar-refractivity contribution in [3.05, 3.63) is 54.1 Å². The summed E-state index contributed by atoms with van der Waals surface area (Å²) in [6.45, 7) is 1.76. The maximum atomic E-state index is 11.7. The van der Waals surface area contributed by atoms with Crippen molar-refractivity contribution >= 4 is 48.1 Å². The maximum Gasteiger partial charge on any atom is 1.00 e. The molecule has 0 atom stereocenters. The number of nitrogens with two attached hydrogens (primary N) is 1. The van der Waals surface area contributed by atoms with Crippen LogP contribution in [0.2, 0.25) is 0 Å². The Bertz CT molecular complexity index is 1340. The molecule has 0 aliphatic heterocycles. The van der Waals surface area contributed by atoms with E-state index in [1.807, 2.05) is 0 Å². The SMILES string of the molecule is Cc1cc(N)ccc1N=Nc1cccc2cc(S(=O)(=O)[O-])cc(S(=O)(=O)[O-])c12.[Na+].[Na+]. The molecule has 0 spiro atoms. The number of nitrogens with zero attached hydrogens (tertiary/aromatic N) is 2. The summed E-state index contributed by atoms with van der Waals surface area (Å²) in [6, 6.07) is 10.7. The van der Waals surface area contributed by atoms with Crippen molar-refractivity contribution in [1.82, 2.24) is 0 Å². The van der Waals surface area contributed by atoms with Crippen molar-refractivity contribution in [2.45, 2.75) is 16.7 Å². The molecule has 3 rings (SSSR count). The second kappa shape index (κ2) is 10.2. The first-order valence-electron chi connectivity index (χ1n) is 7.73. The Labute approximate surface area is 217 Å². The van der Waals surface area contributed by atoms with Gasteiger partial charge in [-0.15, -0.1) is 5.11 Å². The summed E-state index contributed by atoms with van der Waals surface area (Å²) in [5.41, 5.74) is 7.43. The second-order valence-corrected chi connectivity index (χ2v) is 8.68. The van der Waals surface area contributed by atoms with E-state index in [2.05, 4.69) is 10.2 Å². The second-order valence-electron chi connectivity index (χ2n) is 5.95. The monoisotopic (exact) mass is 465 g/mol. The minimum Gasteiger partial charge on any atom is -0.744 e. The summed E-state index contributed by atoms with van der Waals surface area (Å²) in [7, 11) is -10.1. The zero-order valence-electron chi connectivity index (χ0n) is 16.4. The molecular formula is C17H13N3Na2O6S2. The Morgan fingerprint density at radius 3 is 2.03 bits per heavy atom. The van der Waals surface area contributed by atoms with Crippen LogP contribution in [0, 0.1) is 6.92 Å². The average Bonchev–Trinajstić information content (AvgIpc) is 2.58. The van der Waals surface area contributed by atoms with Gasteiger partial charge >= 0.3 is 59.1 Å². The van der Waals surface area contributed by atoms with Crippen LogP contribution < -0.4 is 64.8 Å². The number of fused-ring (bicyclic) bond motifs is 1.